The molecule has 2 aromatic rings. The molecule has 0 fully saturated rings. The number of rotatable bonds is 4. The first kappa shape index (κ1) is 28.8. The predicted octanol–water partition coefficient (Wildman–Crippen LogP) is 5.23. The summed E-state index contributed by atoms with van der Waals surface area (Å²) in [5, 5.41) is 35.0. The SMILES string of the molecule is CC(C)(C)C1=CC(C)(C(=O)O)CC(C(=O)O)=C1.O=C(O)c1ccccc1.O=C(O)c1ccccc1. The van der Waals surface area contributed by atoms with Gasteiger partial charge in [0.15, 0.2) is 0 Å². The first-order chi connectivity index (χ1) is 16.2. The van der Waals surface area contributed by atoms with E-state index in [1.807, 2.05) is 20.8 Å². The third-order valence-electron chi connectivity index (χ3n) is 5.03. The van der Waals surface area contributed by atoms with E-state index in [2.05, 4.69) is 0 Å². The van der Waals surface area contributed by atoms with E-state index in [1.165, 1.54) is 0 Å². The van der Waals surface area contributed by atoms with Crippen LogP contribution in [0.1, 0.15) is 54.8 Å². The molecule has 0 radical (unpaired) electrons. The highest BCUT2D eigenvalue weighted by atomic mass is 16.4. The van der Waals surface area contributed by atoms with Crippen LogP contribution in [0.2, 0.25) is 0 Å². The van der Waals surface area contributed by atoms with Crippen molar-refractivity contribution in [2.24, 2.45) is 10.8 Å². The lowest BCUT2D eigenvalue weighted by atomic mass is 9.72. The zero-order chi connectivity index (χ0) is 26.8. The minimum Gasteiger partial charge on any atom is -0.481 e. The highest BCUT2D eigenvalue weighted by molar-refractivity contribution is 5.91. The number of aromatic carboxylic acids is 2. The van der Waals surface area contributed by atoms with Crippen molar-refractivity contribution in [2.45, 2.75) is 34.1 Å². The second-order valence-corrected chi connectivity index (χ2v) is 9.07. The molecule has 1 aliphatic rings. The average Bonchev–Trinajstić information content (AvgIpc) is 2.80. The molecule has 1 atom stereocenters. The van der Waals surface area contributed by atoms with Gasteiger partial charge in [0.2, 0.25) is 0 Å². The summed E-state index contributed by atoms with van der Waals surface area (Å²) in [6, 6.07) is 16.6. The highest BCUT2D eigenvalue weighted by Crippen LogP contribution is 2.40. The predicted molar refractivity (Wildman–Crippen MR) is 130 cm³/mol. The van der Waals surface area contributed by atoms with Crippen LogP contribution in [-0.4, -0.2) is 44.3 Å². The Morgan fingerprint density at radius 2 is 1.11 bits per heavy atom. The summed E-state index contributed by atoms with van der Waals surface area (Å²) in [6.45, 7) is 7.35. The molecule has 1 aliphatic carbocycles. The third-order valence-corrected chi connectivity index (χ3v) is 5.03. The molecule has 0 saturated carbocycles. The van der Waals surface area contributed by atoms with Crippen molar-refractivity contribution in [1.82, 2.24) is 0 Å². The topological polar surface area (TPSA) is 149 Å². The van der Waals surface area contributed by atoms with Crippen LogP contribution in [0.15, 0.2) is 84.0 Å². The first-order valence-electron chi connectivity index (χ1n) is 10.6. The van der Waals surface area contributed by atoms with Gasteiger partial charge in [0, 0.05) is 5.57 Å². The molecule has 8 heteroatoms. The fraction of sp³-hybridized carbons (Fsp3) is 0.259. The van der Waals surface area contributed by atoms with Gasteiger partial charge in [0.25, 0.3) is 0 Å². The van der Waals surface area contributed by atoms with Crippen LogP contribution in [0.3, 0.4) is 0 Å². The summed E-state index contributed by atoms with van der Waals surface area (Å²) in [6.07, 6.45) is 3.28. The molecular formula is C27H30O8. The van der Waals surface area contributed by atoms with E-state index in [0.29, 0.717) is 11.1 Å². The minimum absolute atomic E-state index is 0.0250. The van der Waals surface area contributed by atoms with E-state index >= 15 is 0 Å². The highest BCUT2D eigenvalue weighted by Gasteiger charge is 2.38. The third kappa shape index (κ3) is 9.29. The number of benzene rings is 2. The fourth-order valence-electron chi connectivity index (χ4n) is 2.94. The molecule has 2 aromatic carbocycles. The average molecular weight is 483 g/mol. The van der Waals surface area contributed by atoms with Crippen LogP contribution in [0, 0.1) is 10.8 Å². The summed E-state index contributed by atoms with van der Waals surface area (Å²) >= 11 is 0. The van der Waals surface area contributed by atoms with Gasteiger partial charge in [-0.05, 0) is 54.7 Å². The number of aliphatic carboxylic acids is 2. The maximum absolute atomic E-state index is 11.3. The van der Waals surface area contributed by atoms with Crippen molar-refractivity contribution in [3.8, 4) is 0 Å². The number of allylic oxidation sites excluding steroid dienone is 2. The number of hydrogen-bond donors (Lipinski definition) is 4. The number of carboxylic acids is 4. The molecule has 0 aromatic heterocycles. The van der Waals surface area contributed by atoms with Crippen LogP contribution in [0.5, 0.6) is 0 Å². The standard InChI is InChI=1S/C13H18O4.2C7H6O2/c1-12(2,3)9-5-8(10(14)15)6-13(4,7-9)11(16)17;2*8-7(9)6-4-2-1-3-5-6/h5,7H,6H2,1-4H3,(H,14,15)(H,16,17);2*1-5H,(H,8,9). The fourth-order valence-corrected chi connectivity index (χ4v) is 2.94. The van der Waals surface area contributed by atoms with Crippen LogP contribution >= 0.6 is 0 Å². The van der Waals surface area contributed by atoms with Crippen molar-refractivity contribution in [3.63, 3.8) is 0 Å². The van der Waals surface area contributed by atoms with Crippen molar-refractivity contribution in [2.75, 3.05) is 0 Å². The van der Waals surface area contributed by atoms with Gasteiger partial charge in [0.1, 0.15) is 0 Å². The largest absolute Gasteiger partial charge is 0.481 e. The zero-order valence-electron chi connectivity index (χ0n) is 20.1. The van der Waals surface area contributed by atoms with Gasteiger partial charge in [-0.3, -0.25) is 4.79 Å². The lowest BCUT2D eigenvalue weighted by molar-refractivity contribution is -0.145. The van der Waals surface area contributed by atoms with Gasteiger partial charge in [-0.1, -0.05) is 63.2 Å². The smallest absolute Gasteiger partial charge is 0.335 e. The normalized spacial score (nSPS) is 16.7. The van der Waals surface area contributed by atoms with Gasteiger partial charge in [0.05, 0.1) is 16.5 Å². The quantitative estimate of drug-likeness (QED) is 0.462. The van der Waals surface area contributed by atoms with Crippen LogP contribution in [0.25, 0.3) is 0 Å². The van der Waals surface area contributed by atoms with Gasteiger partial charge in [-0.2, -0.15) is 0 Å². The maximum atomic E-state index is 11.3. The molecule has 0 saturated heterocycles. The molecular weight excluding hydrogens is 452 g/mol. The minimum atomic E-state index is -1.13. The monoisotopic (exact) mass is 482 g/mol. The van der Waals surface area contributed by atoms with Crippen LogP contribution in [0.4, 0.5) is 0 Å². The molecule has 0 amide bonds. The summed E-state index contributed by atoms with van der Waals surface area (Å²) in [5.74, 6) is -3.80. The Balaban J connectivity index is 0.000000286. The Morgan fingerprint density at radius 3 is 1.37 bits per heavy atom. The van der Waals surface area contributed by atoms with E-state index in [9.17, 15) is 24.3 Å². The Hall–Kier alpha value is -4.20. The second-order valence-electron chi connectivity index (χ2n) is 9.07. The van der Waals surface area contributed by atoms with E-state index in [4.69, 9.17) is 15.3 Å². The number of hydrogen-bond acceptors (Lipinski definition) is 4. The summed E-state index contributed by atoms with van der Waals surface area (Å²) < 4.78 is 0. The Morgan fingerprint density at radius 1 is 0.714 bits per heavy atom. The van der Waals surface area contributed by atoms with Gasteiger partial charge in [-0.15, -0.1) is 0 Å². The van der Waals surface area contributed by atoms with Crippen LogP contribution < -0.4 is 0 Å². The summed E-state index contributed by atoms with van der Waals surface area (Å²) in [5.41, 5.74) is 0.173. The lowest BCUT2D eigenvalue weighted by Crippen LogP contribution is -2.31. The van der Waals surface area contributed by atoms with Crippen molar-refractivity contribution in [1.29, 1.82) is 0 Å². The molecule has 186 valence electrons. The summed E-state index contributed by atoms with van der Waals surface area (Å²) in [4.78, 5) is 42.7. The van der Waals surface area contributed by atoms with Gasteiger partial charge >= 0.3 is 23.9 Å². The van der Waals surface area contributed by atoms with E-state index < -0.39 is 29.3 Å². The van der Waals surface area contributed by atoms with Crippen molar-refractivity contribution >= 4 is 23.9 Å². The number of carboxylic acid groups (broad SMARTS) is 4. The first-order valence-corrected chi connectivity index (χ1v) is 10.6. The molecule has 35 heavy (non-hydrogen) atoms. The molecule has 3 rings (SSSR count). The van der Waals surface area contributed by atoms with Crippen molar-refractivity contribution < 1.29 is 39.6 Å². The van der Waals surface area contributed by atoms with E-state index in [1.54, 1.807) is 79.7 Å². The number of carbonyl (C=O) groups is 4. The molecule has 8 nitrogen and oxygen atoms in total. The molecule has 0 bridgehead atoms. The van der Waals surface area contributed by atoms with Crippen molar-refractivity contribution in [3.05, 3.63) is 95.1 Å². The zero-order valence-corrected chi connectivity index (χ0v) is 20.1. The molecule has 1 unspecified atom stereocenters. The Labute approximate surface area is 203 Å². The van der Waals surface area contributed by atoms with Crippen LogP contribution in [-0.2, 0) is 9.59 Å². The maximum Gasteiger partial charge on any atom is 0.335 e. The molecule has 0 spiro atoms. The molecule has 0 aliphatic heterocycles. The Bertz CT molecular complexity index is 1060. The lowest BCUT2D eigenvalue weighted by Gasteiger charge is -2.31. The molecule has 4 N–H and O–H groups in total. The second kappa shape index (κ2) is 12.3. The van der Waals surface area contributed by atoms with E-state index in [-0.39, 0.29) is 17.4 Å². The van der Waals surface area contributed by atoms with E-state index in [0.717, 1.165) is 5.57 Å². The Kier molecular flexibility index (Phi) is 10.1. The van der Waals surface area contributed by atoms with Gasteiger partial charge < -0.3 is 20.4 Å². The molecule has 0 heterocycles. The van der Waals surface area contributed by atoms with Gasteiger partial charge in [-0.25, -0.2) is 14.4 Å². The summed E-state index contributed by atoms with van der Waals surface area (Å²) in [7, 11) is 0.